The van der Waals surface area contributed by atoms with Crippen LogP contribution in [0.3, 0.4) is 0 Å². The van der Waals surface area contributed by atoms with Gasteiger partial charge in [0.15, 0.2) is 0 Å². The second-order valence-corrected chi connectivity index (χ2v) is 4.02. The molecule has 88 valence electrons. The topological polar surface area (TPSA) is 37.3 Å². The Morgan fingerprint density at radius 3 is 2.44 bits per heavy atom. The van der Waals surface area contributed by atoms with Gasteiger partial charge in [0.1, 0.15) is 0 Å². The van der Waals surface area contributed by atoms with Gasteiger partial charge in [-0.15, -0.1) is 11.8 Å². The van der Waals surface area contributed by atoms with E-state index in [1.807, 2.05) is 0 Å². The number of carboxylic acid groups (broad SMARTS) is 1. The van der Waals surface area contributed by atoms with E-state index in [1.54, 1.807) is 6.26 Å². The van der Waals surface area contributed by atoms with E-state index in [4.69, 9.17) is 5.11 Å². The highest BCUT2D eigenvalue weighted by Crippen LogP contribution is 2.32. The zero-order chi connectivity index (χ0) is 12.3. The number of hydrogen-bond acceptors (Lipinski definition) is 2. The summed E-state index contributed by atoms with van der Waals surface area (Å²) in [6.07, 6.45) is -3.21. The Bertz CT molecular complexity index is 402. The predicted octanol–water partition coefficient (Wildman–Crippen LogP) is 3.05. The van der Waals surface area contributed by atoms with Crippen LogP contribution in [0.15, 0.2) is 23.1 Å². The van der Waals surface area contributed by atoms with Crippen LogP contribution in [0.25, 0.3) is 0 Å². The summed E-state index contributed by atoms with van der Waals surface area (Å²) in [5.41, 5.74) is -0.651. The van der Waals surface area contributed by atoms with Crippen LogP contribution in [0.5, 0.6) is 0 Å². The molecule has 0 aromatic heterocycles. The maximum absolute atomic E-state index is 12.5. The zero-order valence-electron chi connectivity index (χ0n) is 8.34. The van der Waals surface area contributed by atoms with Crippen molar-refractivity contribution in [2.75, 3.05) is 6.26 Å². The molecule has 0 saturated carbocycles. The lowest BCUT2D eigenvalue weighted by Crippen LogP contribution is -2.07. The summed E-state index contributed by atoms with van der Waals surface area (Å²) in [5.74, 6) is -1.15. The number of thioether (sulfide) groups is 1. The van der Waals surface area contributed by atoms with Crippen LogP contribution in [0.4, 0.5) is 13.2 Å². The first-order valence-electron chi connectivity index (χ1n) is 4.30. The number of benzene rings is 1. The van der Waals surface area contributed by atoms with Crippen molar-refractivity contribution in [3.05, 3.63) is 29.3 Å². The highest BCUT2D eigenvalue weighted by Gasteiger charge is 2.31. The minimum atomic E-state index is -4.45. The van der Waals surface area contributed by atoms with Gasteiger partial charge in [0, 0.05) is 4.90 Å². The number of aliphatic carboxylic acids is 1. The van der Waals surface area contributed by atoms with E-state index < -0.39 is 24.1 Å². The summed E-state index contributed by atoms with van der Waals surface area (Å²) in [4.78, 5) is 10.8. The maximum Gasteiger partial charge on any atom is 0.416 e. The van der Waals surface area contributed by atoms with Crippen molar-refractivity contribution in [2.24, 2.45) is 0 Å². The summed E-state index contributed by atoms with van der Waals surface area (Å²) in [5, 5.41) is 8.54. The lowest BCUT2D eigenvalue weighted by Gasteiger charge is -2.10. The third-order valence-electron chi connectivity index (χ3n) is 1.88. The molecule has 0 atom stereocenters. The number of halogens is 3. The Kier molecular flexibility index (Phi) is 3.85. The van der Waals surface area contributed by atoms with Gasteiger partial charge in [0.25, 0.3) is 0 Å². The van der Waals surface area contributed by atoms with E-state index in [-0.39, 0.29) is 5.56 Å². The molecular weight excluding hydrogens is 241 g/mol. The Hall–Kier alpha value is -1.17. The molecule has 0 aliphatic heterocycles. The van der Waals surface area contributed by atoms with Crippen LogP contribution in [0.2, 0.25) is 0 Å². The fourth-order valence-corrected chi connectivity index (χ4v) is 1.73. The molecule has 0 saturated heterocycles. The number of carboxylic acids is 1. The molecule has 0 fully saturated rings. The molecule has 0 radical (unpaired) electrons. The standard InChI is InChI=1S/C10H9F3O2S/c1-16-8-3-6(4-9(14)15)2-7(5-8)10(11,12)13/h2-3,5H,4H2,1H3,(H,14,15). The maximum atomic E-state index is 12.5. The molecular formula is C10H9F3O2S. The average Bonchev–Trinajstić information content (AvgIpc) is 2.14. The second kappa shape index (κ2) is 4.78. The SMILES string of the molecule is CSc1cc(CC(=O)O)cc(C(F)(F)F)c1. The summed E-state index contributed by atoms with van der Waals surface area (Å²) >= 11 is 1.15. The second-order valence-electron chi connectivity index (χ2n) is 3.14. The van der Waals surface area contributed by atoms with Gasteiger partial charge in [-0.1, -0.05) is 0 Å². The van der Waals surface area contributed by atoms with Crippen LogP contribution in [0, 0.1) is 0 Å². The fourth-order valence-electron chi connectivity index (χ4n) is 1.22. The van der Waals surface area contributed by atoms with Crippen LogP contribution < -0.4 is 0 Å². The molecule has 16 heavy (non-hydrogen) atoms. The minimum absolute atomic E-state index is 0.159. The van der Waals surface area contributed by atoms with Crippen LogP contribution in [-0.4, -0.2) is 17.3 Å². The smallest absolute Gasteiger partial charge is 0.416 e. The molecule has 1 rings (SSSR count). The average molecular weight is 250 g/mol. The van der Waals surface area contributed by atoms with Crippen molar-refractivity contribution >= 4 is 17.7 Å². The Labute approximate surface area is 94.5 Å². The van der Waals surface area contributed by atoms with Gasteiger partial charge in [-0.2, -0.15) is 13.2 Å². The molecule has 2 nitrogen and oxygen atoms in total. The molecule has 0 unspecified atom stereocenters. The molecule has 0 amide bonds. The summed E-state index contributed by atoms with van der Waals surface area (Å²) < 4.78 is 37.4. The molecule has 1 aromatic carbocycles. The number of carbonyl (C=O) groups is 1. The third-order valence-corrected chi connectivity index (χ3v) is 2.59. The first-order valence-corrected chi connectivity index (χ1v) is 5.52. The molecule has 0 bridgehead atoms. The molecule has 0 aliphatic carbocycles. The van der Waals surface area contributed by atoms with Crippen LogP contribution in [0.1, 0.15) is 11.1 Å². The first-order chi connectivity index (χ1) is 7.32. The predicted molar refractivity (Wildman–Crippen MR) is 54.6 cm³/mol. The summed E-state index contributed by atoms with van der Waals surface area (Å²) in [6.45, 7) is 0. The molecule has 6 heteroatoms. The normalized spacial score (nSPS) is 11.5. The number of rotatable bonds is 3. The van der Waals surface area contributed by atoms with Crippen molar-refractivity contribution in [3.8, 4) is 0 Å². The van der Waals surface area contributed by atoms with Gasteiger partial charge < -0.3 is 5.11 Å². The molecule has 0 spiro atoms. The van der Waals surface area contributed by atoms with Crippen LogP contribution in [-0.2, 0) is 17.4 Å². The van der Waals surface area contributed by atoms with Gasteiger partial charge >= 0.3 is 12.1 Å². The fraction of sp³-hybridized carbons (Fsp3) is 0.300. The van der Waals surface area contributed by atoms with Gasteiger partial charge in [0.2, 0.25) is 0 Å². The van der Waals surface area contributed by atoms with Crippen LogP contribution >= 0.6 is 11.8 Å². The molecule has 1 N–H and O–H groups in total. The van der Waals surface area contributed by atoms with E-state index >= 15 is 0 Å². The van der Waals surface area contributed by atoms with E-state index in [0.717, 1.165) is 23.9 Å². The van der Waals surface area contributed by atoms with E-state index in [1.165, 1.54) is 6.07 Å². The van der Waals surface area contributed by atoms with Crippen molar-refractivity contribution in [1.29, 1.82) is 0 Å². The van der Waals surface area contributed by atoms with Crippen molar-refractivity contribution in [3.63, 3.8) is 0 Å². The van der Waals surface area contributed by atoms with Crippen molar-refractivity contribution in [2.45, 2.75) is 17.5 Å². The molecule has 1 aromatic rings. The zero-order valence-corrected chi connectivity index (χ0v) is 9.15. The van der Waals surface area contributed by atoms with E-state index in [9.17, 15) is 18.0 Å². The van der Waals surface area contributed by atoms with E-state index in [0.29, 0.717) is 4.90 Å². The lowest BCUT2D eigenvalue weighted by molar-refractivity contribution is -0.139. The Morgan fingerprint density at radius 1 is 1.38 bits per heavy atom. The lowest BCUT2D eigenvalue weighted by atomic mass is 10.1. The minimum Gasteiger partial charge on any atom is -0.481 e. The van der Waals surface area contributed by atoms with Crippen molar-refractivity contribution < 1.29 is 23.1 Å². The highest BCUT2D eigenvalue weighted by atomic mass is 32.2. The number of alkyl halides is 3. The van der Waals surface area contributed by atoms with Gasteiger partial charge in [-0.25, -0.2) is 0 Å². The Balaban J connectivity index is 3.16. The van der Waals surface area contributed by atoms with Gasteiger partial charge in [0.05, 0.1) is 12.0 Å². The molecule has 0 heterocycles. The first kappa shape index (κ1) is 12.9. The number of hydrogen-bond donors (Lipinski definition) is 1. The Morgan fingerprint density at radius 2 is 2.00 bits per heavy atom. The van der Waals surface area contributed by atoms with E-state index in [2.05, 4.69) is 0 Å². The third kappa shape index (κ3) is 3.44. The quantitative estimate of drug-likeness (QED) is 0.838. The van der Waals surface area contributed by atoms with Gasteiger partial charge in [-0.3, -0.25) is 4.79 Å². The highest BCUT2D eigenvalue weighted by molar-refractivity contribution is 7.98. The van der Waals surface area contributed by atoms with Gasteiger partial charge in [-0.05, 0) is 30.0 Å². The molecule has 0 aliphatic rings. The monoisotopic (exact) mass is 250 g/mol. The van der Waals surface area contributed by atoms with Crippen molar-refractivity contribution in [1.82, 2.24) is 0 Å². The largest absolute Gasteiger partial charge is 0.481 e. The summed E-state index contributed by atoms with van der Waals surface area (Å²) in [7, 11) is 0. The summed E-state index contributed by atoms with van der Waals surface area (Å²) in [6, 6.07) is 3.33.